The van der Waals surface area contributed by atoms with Crippen molar-refractivity contribution in [2.45, 2.75) is 26.7 Å². The quantitative estimate of drug-likeness (QED) is 0.840. The van der Waals surface area contributed by atoms with Crippen LogP contribution in [0.25, 0.3) is 0 Å². The van der Waals surface area contributed by atoms with Crippen molar-refractivity contribution < 1.29 is 9.59 Å². The second-order valence-electron chi connectivity index (χ2n) is 5.68. The maximum Gasteiger partial charge on any atom is 0.243 e. The third-order valence-corrected chi connectivity index (χ3v) is 4.14. The molecule has 0 aliphatic heterocycles. The van der Waals surface area contributed by atoms with E-state index in [1.807, 2.05) is 50.2 Å². The number of halogens is 1. The van der Waals surface area contributed by atoms with E-state index in [4.69, 9.17) is 11.6 Å². The molecule has 0 fully saturated rings. The van der Waals surface area contributed by atoms with Crippen molar-refractivity contribution in [2.24, 2.45) is 0 Å². The number of hydrogen-bond acceptors (Lipinski definition) is 2. The molecule has 2 N–H and O–H groups in total. The van der Waals surface area contributed by atoms with Gasteiger partial charge in [-0.2, -0.15) is 0 Å². The van der Waals surface area contributed by atoms with Crippen LogP contribution in [0.5, 0.6) is 0 Å². The molecule has 0 atom stereocenters. The molecule has 4 nitrogen and oxygen atoms in total. The standard InChI is InChI=1S/C19H21ClN2O2/c1-13-6-5-7-14(2)19(13)22-18(24)12-21-17(23)11-10-15-8-3-4-9-16(15)20/h3-9H,10-12H2,1-2H3,(H,21,23)(H,22,24). The van der Waals surface area contributed by atoms with Crippen molar-refractivity contribution in [3.63, 3.8) is 0 Å². The molecule has 24 heavy (non-hydrogen) atoms. The van der Waals surface area contributed by atoms with E-state index in [2.05, 4.69) is 10.6 Å². The van der Waals surface area contributed by atoms with E-state index in [9.17, 15) is 9.59 Å². The first kappa shape index (κ1) is 18.0. The minimum atomic E-state index is -0.238. The average molecular weight is 345 g/mol. The highest BCUT2D eigenvalue weighted by molar-refractivity contribution is 6.31. The lowest BCUT2D eigenvalue weighted by atomic mass is 10.1. The highest BCUT2D eigenvalue weighted by Crippen LogP contribution is 2.19. The van der Waals surface area contributed by atoms with Crippen molar-refractivity contribution in [3.05, 3.63) is 64.2 Å². The monoisotopic (exact) mass is 344 g/mol. The molecule has 2 aromatic carbocycles. The van der Waals surface area contributed by atoms with Gasteiger partial charge < -0.3 is 10.6 Å². The third-order valence-electron chi connectivity index (χ3n) is 3.77. The molecule has 2 rings (SSSR count). The average Bonchev–Trinajstić information content (AvgIpc) is 2.56. The Hall–Kier alpha value is -2.33. The number of rotatable bonds is 6. The van der Waals surface area contributed by atoms with Crippen LogP contribution in [0.4, 0.5) is 5.69 Å². The first-order chi connectivity index (χ1) is 11.5. The summed E-state index contributed by atoms with van der Waals surface area (Å²) in [6.45, 7) is 3.82. The van der Waals surface area contributed by atoms with Crippen molar-refractivity contribution in [1.82, 2.24) is 5.32 Å². The number of carbonyl (C=O) groups excluding carboxylic acids is 2. The SMILES string of the molecule is Cc1cccc(C)c1NC(=O)CNC(=O)CCc1ccccc1Cl. The molecular formula is C19H21ClN2O2. The van der Waals surface area contributed by atoms with Crippen molar-refractivity contribution in [1.29, 1.82) is 0 Å². The van der Waals surface area contributed by atoms with Gasteiger partial charge in [-0.15, -0.1) is 0 Å². The molecule has 2 amide bonds. The Bertz CT molecular complexity index is 724. The third kappa shape index (κ3) is 5.10. The van der Waals surface area contributed by atoms with Gasteiger partial charge in [0.15, 0.2) is 0 Å². The van der Waals surface area contributed by atoms with Crippen LogP contribution in [0, 0.1) is 13.8 Å². The summed E-state index contributed by atoms with van der Waals surface area (Å²) in [7, 11) is 0. The van der Waals surface area contributed by atoms with E-state index in [0.29, 0.717) is 17.9 Å². The van der Waals surface area contributed by atoms with Gasteiger partial charge in [-0.05, 0) is 43.0 Å². The second kappa shape index (κ2) is 8.50. The Labute approximate surface area is 147 Å². The lowest BCUT2D eigenvalue weighted by Crippen LogP contribution is -2.33. The van der Waals surface area contributed by atoms with Gasteiger partial charge >= 0.3 is 0 Å². The fraction of sp³-hybridized carbons (Fsp3) is 0.263. The smallest absolute Gasteiger partial charge is 0.243 e. The summed E-state index contributed by atoms with van der Waals surface area (Å²) < 4.78 is 0. The molecule has 0 saturated carbocycles. The van der Waals surface area contributed by atoms with Crippen molar-refractivity contribution >= 4 is 29.1 Å². The largest absolute Gasteiger partial charge is 0.347 e. The Balaban J connectivity index is 1.79. The number of aryl methyl sites for hydroxylation is 3. The molecule has 2 aromatic rings. The summed E-state index contributed by atoms with van der Waals surface area (Å²) in [6, 6.07) is 13.2. The number of amides is 2. The van der Waals surface area contributed by atoms with Crippen LogP contribution in [0.3, 0.4) is 0 Å². The second-order valence-corrected chi connectivity index (χ2v) is 6.09. The minimum Gasteiger partial charge on any atom is -0.347 e. The van der Waals surface area contributed by atoms with E-state index >= 15 is 0 Å². The predicted octanol–water partition coefficient (Wildman–Crippen LogP) is 3.64. The molecular weight excluding hydrogens is 324 g/mol. The van der Waals surface area contributed by atoms with Gasteiger partial charge in [0.1, 0.15) is 0 Å². The first-order valence-corrected chi connectivity index (χ1v) is 8.21. The summed E-state index contributed by atoms with van der Waals surface area (Å²) in [4.78, 5) is 23.9. The summed E-state index contributed by atoms with van der Waals surface area (Å²) in [5.41, 5.74) is 3.71. The zero-order valence-electron chi connectivity index (χ0n) is 13.9. The molecule has 0 bridgehead atoms. The number of para-hydroxylation sites is 1. The van der Waals surface area contributed by atoms with Crippen LogP contribution in [0.15, 0.2) is 42.5 Å². The van der Waals surface area contributed by atoms with Crippen LogP contribution in [0.1, 0.15) is 23.1 Å². The van der Waals surface area contributed by atoms with Gasteiger partial charge in [0.2, 0.25) is 11.8 Å². The number of anilines is 1. The fourth-order valence-electron chi connectivity index (χ4n) is 2.41. The van der Waals surface area contributed by atoms with Crippen LogP contribution in [-0.2, 0) is 16.0 Å². The van der Waals surface area contributed by atoms with Crippen molar-refractivity contribution in [3.8, 4) is 0 Å². The lowest BCUT2D eigenvalue weighted by molar-refractivity contribution is -0.124. The number of benzene rings is 2. The van der Waals surface area contributed by atoms with Crippen LogP contribution in [-0.4, -0.2) is 18.4 Å². The zero-order valence-corrected chi connectivity index (χ0v) is 14.6. The molecule has 0 spiro atoms. The van der Waals surface area contributed by atoms with Gasteiger partial charge in [-0.1, -0.05) is 48.0 Å². The van der Waals surface area contributed by atoms with Crippen molar-refractivity contribution in [2.75, 3.05) is 11.9 Å². The van der Waals surface area contributed by atoms with Gasteiger partial charge in [-0.3, -0.25) is 9.59 Å². The Kier molecular flexibility index (Phi) is 6.38. The maximum atomic E-state index is 12.0. The maximum absolute atomic E-state index is 12.0. The van der Waals surface area contributed by atoms with E-state index in [1.54, 1.807) is 6.07 Å². The predicted molar refractivity (Wildman–Crippen MR) is 97.3 cm³/mol. The minimum absolute atomic E-state index is 0.0465. The van der Waals surface area contributed by atoms with Crippen LogP contribution >= 0.6 is 11.6 Å². The molecule has 0 aliphatic rings. The summed E-state index contributed by atoms with van der Waals surface area (Å²) in [6.07, 6.45) is 0.838. The summed E-state index contributed by atoms with van der Waals surface area (Å²) >= 11 is 6.06. The zero-order chi connectivity index (χ0) is 17.5. The normalized spacial score (nSPS) is 10.3. The highest BCUT2D eigenvalue weighted by atomic mass is 35.5. The summed E-state index contributed by atoms with van der Waals surface area (Å²) in [5, 5.41) is 6.13. The van der Waals surface area contributed by atoms with E-state index in [0.717, 1.165) is 22.4 Å². The number of carbonyl (C=O) groups is 2. The van der Waals surface area contributed by atoms with E-state index in [1.165, 1.54) is 0 Å². The Morgan fingerprint density at radius 1 is 0.958 bits per heavy atom. The molecule has 0 saturated heterocycles. The lowest BCUT2D eigenvalue weighted by Gasteiger charge is -2.12. The van der Waals surface area contributed by atoms with Gasteiger partial charge in [-0.25, -0.2) is 0 Å². The molecule has 0 aliphatic carbocycles. The van der Waals surface area contributed by atoms with Gasteiger partial charge in [0.05, 0.1) is 6.54 Å². The molecule has 5 heteroatoms. The van der Waals surface area contributed by atoms with Crippen LogP contribution < -0.4 is 10.6 Å². The van der Waals surface area contributed by atoms with Gasteiger partial charge in [0, 0.05) is 17.1 Å². The first-order valence-electron chi connectivity index (χ1n) is 7.83. The molecule has 0 aromatic heterocycles. The molecule has 0 radical (unpaired) electrons. The fourth-order valence-corrected chi connectivity index (χ4v) is 2.64. The van der Waals surface area contributed by atoms with E-state index < -0.39 is 0 Å². The van der Waals surface area contributed by atoms with Crippen LogP contribution in [0.2, 0.25) is 5.02 Å². The molecule has 126 valence electrons. The molecule has 0 heterocycles. The number of nitrogens with one attached hydrogen (secondary N) is 2. The topological polar surface area (TPSA) is 58.2 Å². The number of hydrogen-bond donors (Lipinski definition) is 2. The Morgan fingerprint density at radius 2 is 1.62 bits per heavy atom. The van der Waals surface area contributed by atoms with Gasteiger partial charge in [0.25, 0.3) is 0 Å². The summed E-state index contributed by atoms with van der Waals surface area (Å²) in [5.74, 6) is -0.412. The highest BCUT2D eigenvalue weighted by Gasteiger charge is 2.09. The van der Waals surface area contributed by atoms with E-state index in [-0.39, 0.29) is 18.4 Å². The Morgan fingerprint density at radius 3 is 2.29 bits per heavy atom. The molecule has 0 unspecified atom stereocenters.